The second-order valence-electron chi connectivity index (χ2n) is 19.2. The molecule has 0 bridgehead atoms. The van der Waals surface area contributed by atoms with Gasteiger partial charge in [-0.25, -0.2) is 0 Å². The zero-order valence-corrected chi connectivity index (χ0v) is 42.1. The van der Waals surface area contributed by atoms with Gasteiger partial charge < -0.3 is 9.80 Å². The van der Waals surface area contributed by atoms with Crippen molar-refractivity contribution in [3.8, 4) is 11.1 Å². The summed E-state index contributed by atoms with van der Waals surface area (Å²) >= 11 is 0. The number of anilines is 6. The second kappa shape index (κ2) is 21.1. The average Bonchev–Trinajstić information content (AvgIpc) is 3.41. The van der Waals surface area contributed by atoms with Gasteiger partial charge in [-0.3, -0.25) is 0 Å². The van der Waals surface area contributed by atoms with Crippen LogP contribution in [0.3, 0.4) is 0 Å². The van der Waals surface area contributed by atoms with Crippen molar-refractivity contribution in [1.82, 2.24) is 0 Å². The van der Waals surface area contributed by atoms with Crippen molar-refractivity contribution >= 4 is 57.4 Å². The third-order valence-corrected chi connectivity index (χ3v) is 13.5. The Morgan fingerprint density at radius 2 is 0.403 bits per heavy atom. The van der Waals surface area contributed by atoms with Gasteiger partial charge in [-0.1, -0.05) is 203 Å². The van der Waals surface area contributed by atoms with Gasteiger partial charge in [-0.05, 0) is 182 Å². The van der Waals surface area contributed by atoms with E-state index in [9.17, 15) is 0 Å². The first-order valence-electron chi connectivity index (χ1n) is 25.0. The van der Waals surface area contributed by atoms with Crippen LogP contribution < -0.4 is 9.80 Å². The average molecular weight is 929 g/mol. The van der Waals surface area contributed by atoms with Gasteiger partial charge in [0.2, 0.25) is 0 Å². The lowest BCUT2D eigenvalue weighted by atomic mass is 9.94. The number of aryl methyl sites for hydroxylation is 6. The largest absolute Gasteiger partial charge is 0.311 e. The van der Waals surface area contributed by atoms with E-state index in [1.165, 1.54) is 66.8 Å². The van der Waals surface area contributed by atoms with Crippen LogP contribution in [0.4, 0.5) is 34.1 Å². The Morgan fingerprint density at radius 3 is 0.625 bits per heavy atom. The summed E-state index contributed by atoms with van der Waals surface area (Å²) in [5.74, 6) is 0. The van der Waals surface area contributed by atoms with E-state index in [4.69, 9.17) is 0 Å². The van der Waals surface area contributed by atoms with E-state index in [2.05, 4.69) is 306 Å². The lowest BCUT2D eigenvalue weighted by Crippen LogP contribution is -2.10. The van der Waals surface area contributed by atoms with E-state index in [1.807, 2.05) is 0 Å². The van der Waals surface area contributed by atoms with Gasteiger partial charge in [0.25, 0.3) is 0 Å². The summed E-state index contributed by atoms with van der Waals surface area (Å²) < 4.78 is 0. The Morgan fingerprint density at radius 1 is 0.222 bits per heavy atom. The molecule has 0 aliphatic rings. The summed E-state index contributed by atoms with van der Waals surface area (Å²) in [7, 11) is 0. The maximum atomic E-state index is 2.34. The molecule has 0 fully saturated rings. The van der Waals surface area contributed by atoms with Gasteiger partial charge in [0.15, 0.2) is 0 Å². The molecule has 0 unspecified atom stereocenters. The standard InChI is InChI=1S/C70H60N2/c1-49-7-23-59(24-8-49)69(60-25-9-50(2)10-26-60)47-55-19-39-65(40-20-55)71(63-35-15-53(5)16-36-63)67-43-31-57(32-44-67)58-33-45-68(46-34-58)72(64-37-17-54(6)18-38-64)66-41-21-56(22-42-66)48-70(61-27-11-51(3)12-28-61)62-29-13-52(4)14-30-62/h7-48H,1-6H3. The summed E-state index contributed by atoms with van der Waals surface area (Å²) in [5, 5.41) is 0. The molecular weight excluding hydrogens is 869 g/mol. The first-order chi connectivity index (χ1) is 35.1. The summed E-state index contributed by atoms with van der Waals surface area (Å²) in [4.78, 5) is 4.68. The fourth-order valence-corrected chi connectivity index (χ4v) is 9.26. The molecule has 0 radical (unpaired) electrons. The lowest BCUT2D eigenvalue weighted by molar-refractivity contribution is 1.27. The minimum atomic E-state index is 1.09. The van der Waals surface area contributed by atoms with Gasteiger partial charge in [0, 0.05) is 34.1 Å². The highest BCUT2D eigenvalue weighted by Crippen LogP contribution is 2.39. The minimum Gasteiger partial charge on any atom is -0.311 e. The quantitative estimate of drug-likeness (QED) is 0.106. The van der Waals surface area contributed by atoms with Crippen molar-refractivity contribution in [2.75, 3.05) is 9.80 Å². The lowest BCUT2D eigenvalue weighted by Gasteiger charge is -2.26. The first-order valence-corrected chi connectivity index (χ1v) is 25.0. The molecule has 2 heteroatoms. The number of nitrogens with zero attached hydrogens (tertiary/aromatic N) is 2. The summed E-state index contributed by atoms with van der Waals surface area (Å²) in [6.45, 7) is 12.8. The maximum absolute atomic E-state index is 2.34. The van der Waals surface area contributed by atoms with E-state index < -0.39 is 0 Å². The predicted octanol–water partition coefficient (Wildman–Crippen LogP) is 19.3. The molecule has 0 N–H and O–H groups in total. The topological polar surface area (TPSA) is 6.48 Å². The van der Waals surface area contributed by atoms with Crippen LogP contribution in [0.2, 0.25) is 0 Å². The van der Waals surface area contributed by atoms with Crippen LogP contribution in [0.25, 0.3) is 34.4 Å². The molecule has 0 saturated heterocycles. The minimum absolute atomic E-state index is 1.09. The monoisotopic (exact) mass is 928 g/mol. The molecule has 0 aromatic heterocycles. The smallest absolute Gasteiger partial charge is 0.0462 e. The Labute approximate surface area is 427 Å². The highest BCUT2D eigenvalue weighted by molar-refractivity contribution is 5.93. The van der Waals surface area contributed by atoms with E-state index in [-0.39, 0.29) is 0 Å². The Kier molecular flexibility index (Phi) is 13.8. The molecule has 2 nitrogen and oxygen atoms in total. The second-order valence-corrected chi connectivity index (χ2v) is 19.2. The summed E-state index contributed by atoms with van der Waals surface area (Å²) in [6, 6.07) is 88.7. The highest BCUT2D eigenvalue weighted by Gasteiger charge is 2.16. The van der Waals surface area contributed by atoms with Crippen LogP contribution >= 0.6 is 0 Å². The first kappa shape index (κ1) is 47.0. The molecular formula is C70H60N2. The van der Waals surface area contributed by atoms with Crippen LogP contribution in [-0.2, 0) is 0 Å². The van der Waals surface area contributed by atoms with E-state index in [0.29, 0.717) is 0 Å². The third-order valence-electron chi connectivity index (χ3n) is 13.5. The van der Waals surface area contributed by atoms with Crippen LogP contribution in [0, 0.1) is 41.5 Å². The molecule has 0 atom stereocenters. The normalized spacial score (nSPS) is 10.9. The van der Waals surface area contributed by atoms with Crippen molar-refractivity contribution in [3.05, 3.63) is 309 Å². The van der Waals surface area contributed by atoms with E-state index >= 15 is 0 Å². The number of rotatable bonds is 13. The number of benzene rings is 10. The summed E-state index contributed by atoms with van der Waals surface area (Å²) in [5.41, 5.74) is 25.9. The van der Waals surface area contributed by atoms with Crippen molar-refractivity contribution in [2.24, 2.45) is 0 Å². The molecule has 0 aliphatic heterocycles. The fraction of sp³-hybridized carbons (Fsp3) is 0.0857. The fourth-order valence-electron chi connectivity index (χ4n) is 9.26. The molecule has 10 rings (SSSR count). The molecule has 0 heterocycles. The number of hydrogen-bond acceptors (Lipinski definition) is 2. The van der Waals surface area contributed by atoms with Crippen molar-refractivity contribution in [3.63, 3.8) is 0 Å². The van der Waals surface area contributed by atoms with Crippen LogP contribution in [0.5, 0.6) is 0 Å². The molecule has 0 spiro atoms. The maximum Gasteiger partial charge on any atom is 0.0462 e. The SMILES string of the molecule is Cc1ccc(C(=Cc2ccc(N(c3ccc(C)cc3)c3ccc(-c4ccc(N(c5ccc(C)cc5)c5ccc(C=C(c6ccc(C)cc6)c6ccc(C)cc6)cc5)cc4)cc3)cc2)c2ccc(C)cc2)cc1. The van der Waals surface area contributed by atoms with Crippen molar-refractivity contribution in [1.29, 1.82) is 0 Å². The molecule has 0 aliphatic carbocycles. The van der Waals surface area contributed by atoms with Gasteiger partial charge >= 0.3 is 0 Å². The van der Waals surface area contributed by atoms with E-state index in [0.717, 1.165) is 56.4 Å². The molecule has 72 heavy (non-hydrogen) atoms. The third kappa shape index (κ3) is 10.8. The van der Waals surface area contributed by atoms with Crippen molar-refractivity contribution in [2.45, 2.75) is 41.5 Å². The van der Waals surface area contributed by atoms with Gasteiger partial charge in [0.05, 0.1) is 0 Å². The van der Waals surface area contributed by atoms with Crippen LogP contribution in [-0.4, -0.2) is 0 Å². The molecule has 350 valence electrons. The van der Waals surface area contributed by atoms with Crippen molar-refractivity contribution < 1.29 is 0 Å². The zero-order chi connectivity index (χ0) is 49.6. The van der Waals surface area contributed by atoms with Gasteiger partial charge in [-0.2, -0.15) is 0 Å². The highest BCUT2D eigenvalue weighted by atomic mass is 15.1. The Hall–Kier alpha value is -8.72. The number of hydrogen-bond donors (Lipinski definition) is 0. The zero-order valence-electron chi connectivity index (χ0n) is 42.1. The summed E-state index contributed by atoms with van der Waals surface area (Å²) in [6.07, 6.45) is 4.61. The van der Waals surface area contributed by atoms with Crippen LogP contribution in [0.1, 0.15) is 66.8 Å². The molecule has 0 amide bonds. The Bertz CT molecular complexity index is 3120. The van der Waals surface area contributed by atoms with Gasteiger partial charge in [-0.15, -0.1) is 0 Å². The van der Waals surface area contributed by atoms with Gasteiger partial charge in [0.1, 0.15) is 0 Å². The van der Waals surface area contributed by atoms with E-state index in [1.54, 1.807) is 0 Å². The predicted molar refractivity (Wildman–Crippen MR) is 309 cm³/mol. The Balaban J connectivity index is 0.933. The molecule has 0 saturated carbocycles. The molecule has 10 aromatic rings. The van der Waals surface area contributed by atoms with Crippen LogP contribution in [0.15, 0.2) is 243 Å². The molecule has 10 aromatic carbocycles.